The lowest BCUT2D eigenvalue weighted by atomic mass is 10.1. The Hall–Kier alpha value is -4.55. The van der Waals surface area contributed by atoms with Crippen molar-refractivity contribution in [3.05, 3.63) is 76.9 Å². The average Bonchev–Trinajstić information content (AvgIpc) is 3.23. The third-order valence-corrected chi connectivity index (χ3v) is 6.95. The standard InChI is InChI=1S/C28H33N9O3/c1-5-10-36-27(40)22-17-30-28(32-25(22)37(36)24-9-6-19(16-29-24)26(39)33(2)3)31-21-7-8-23(20(15-21)18-38)35-13-11-34(4)12-14-35/h5-9,15-17,38H,1,10-14,18H2,2-4H3,(H,30,31,32). The molecule has 0 unspecified atom stereocenters. The maximum Gasteiger partial charge on any atom is 0.278 e. The molecule has 4 aromatic rings. The second-order valence-corrected chi connectivity index (χ2v) is 9.94. The Morgan fingerprint density at radius 3 is 2.55 bits per heavy atom. The number of hydrogen-bond acceptors (Lipinski definition) is 9. The maximum absolute atomic E-state index is 13.2. The zero-order valence-corrected chi connectivity index (χ0v) is 22.9. The Kier molecular flexibility index (Phi) is 7.63. The lowest BCUT2D eigenvalue weighted by Gasteiger charge is -2.35. The average molecular weight is 544 g/mol. The molecule has 0 saturated carbocycles. The van der Waals surface area contributed by atoms with Gasteiger partial charge in [0.25, 0.3) is 11.5 Å². The van der Waals surface area contributed by atoms with Crippen LogP contribution in [0, 0.1) is 0 Å². The summed E-state index contributed by atoms with van der Waals surface area (Å²) < 4.78 is 3.08. The number of carbonyl (C=O) groups is 1. The number of amides is 1. The van der Waals surface area contributed by atoms with Crippen molar-refractivity contribution in [2.24, 2.45) is 0 Å². The Balaban J connectivity index is 1.50. The summed E-state index contributed by atoms with van der Waals surface area (Å²) in [5.41, 5.74) is 3.04. The van der Waals surface area contributed by atoms with Crippen LogP contribution in [0.5, 0.6) is 0 Å². The van der Waals surface area contributed by atoms with Crippen molar-refractivity contribution >= 4 is 34.3 Å². The molecule has 12 heteroatoms. The van der Waals surface area contributed by atoms with E-state index >= 15 is 0 Å². The topological polar surface area (TPSA) is 125 Å². The molecule has 1 amide bonds. The summed E-state index contributed by atoms with van der Waals surface area (Å²) >= 11 is 0. The normalized spacial score (nSPS) is 13.9. The number of aliphatic hydroxyl groups is 1. The molecule has 3 aromatic heterocycles. The van der Waals surface area contributed by atoms with Gasteiger partial charge in [0.05, 0.1) is 18.7 Å². The molecule has 0 spiro atoms. The number of carbonyl (C=O) groups excluding carboxylic acids is 1. The molecule has 2 N–H and O–H groups in total. The Morgan fingerprint density at radius 1 is 1.12 bits per heavy atom. The monoisotopic (exact) mass is 543 g/mol. The van der Waals surface area contributed by atoms with Crippen LogP contribution in [0.4, 0.5) is 17.3 Å². The van der Waals surface area contributed by atoms with Gasteiger partial charge in [0.15, 0.2) is 11.5 Å². The summed E-state index contributed by atoms with van der Waals surface area (Å²) in [6, 6.07) is 9.15. The van der Waals surface area contributed by atoms with Crippen molar-refractivity contribution in [3.8, 4) is 5.82 Å². The van der Waals surface area contributed by atoms with Crippen LogP contribution < -0.4 is 15.8 Å². The van der Waals surface area contributed by atoms with Gasteiger partial charge in [-0.15, -0.1) is 6.58 Å². The first-order valence-corrected chi connectivity index (χ1v) is 13.0. The van der Waals surface area contributed by atoms with Crippen LogP contribution in [0.25, 0.3) is 16.9 Å². The summed E-state index contributed by atoms with van der Waals surface area (Å²) in [5, 5.41) is 13.6. The minimum absolute atomic E-state index is 0.0982. The minimum atomic E-state index is -0.282. The number of pyridine rings is 1. The first-order valence-electron chi connectivity index (χ1n) is 13.0. The number of nitrogens with one attached hydrogen (secondary N) is 1. The Morgan fingerprint density at radius 2 is 1.90 bits per heavy atom. The van der Waals surface area contributed by atoms with Crippen LogP contribution in [0.1, 0.15) is 15.9 Å². The quantitative estimate of drug-likeness (QED) is 0.320. The van der Waals surface area contributed by atoms with Gasteiger partial charge in [-0.3, -0.25) is 9.59 Å². The van der Waals surface area contributed by atoms with Crippen molar-refractivity contribution in [2.45, 2.75) is 13.2 Å². The molecule has 12 nitrogen and oxygen atoms in total. The molecule has 4 heterocycles. The van der Waals surface area contributed by atoms with E-state index in [9.17, 15) is 14.7 Å². The fraction of sp³-hybridized carbons (Fsp3) is 0.321. The van der Waals surface area contributed by atoms with Gasteiger partial charge in [-0.1, -0.05) is 6.08 Å². The SMILES string of the molecule is C=CCn1c(=O)c2cnc(Nc3ccc(N4CCN(C)CC4)c(CO)c3)nc2n1-c1ccc(C(=O)N(C)C)cn1. The number of piperazine rings is 1. The Bertz CT molecular complexity index is 1600. The molecule has 1 aromatic carbocycles. The smallest absolute Gasteiger partial charge is 0.278 e. The van der Waals surface area contributed by atoms with E-state index in [-0.39, 0.29) is 30.6 Å². The number of likely N-dealkylation sites (N-methyl/N-ethyl adjacent to an activating group) is 1. The number of rotatable bonds is 8. The van der Waals surface area contributed by atoms with Crippen LogP contribution >= 0.6 is 0 Å². The summed E-state index contributed by atoms with van der Waals surface area (Å²) in [7, 11) is 5.45. The van der Waals surface area contributed by atoms with E-state index in [1.54, 1.807) is 37.0 Å². The van der Waals surface area contributed by atoms with Crippen LogP contribution in [-0.4, -0.2) is 92.5 Å². The van der Waals surface area contributed by atoms with E-state index < -0.39 is 0 Å². The molecule has 0 radical (unpaired) electrons. The van der Waals surface area contributed by atoms with Crippen LogP contribution in [0.15, 0.2) is 60.2 Å². The second-order valence-electron chi connectivity index (χ2n) is 9.94. The summed E-state index contributed by atoms with van der Waals surface area (Å²) in [5.74, 6) is 0.537. The second kappa shape index (κ2) is 11.3. The molecule has 1 aliphatic heterocycles. The fourth-order valence-electron chi connectivity index (χ4n) is 4.78. The highest BCUT2D eigenvalue weighted by Crippen LogP contribution is 2.27. The summed E-state index contributed by atoms with van der Waals surface area (Å²) in [6.07, 6.45) is 4.58. The summed E-state index contributed by atoms with van der Waals surface area (Å²) in [6.45, 7) is 7.63. The van der Waals surface area contributed by atoms with Crippen molar-refractivity contribution < 1.29 is 9.90 Å². The highest BCUT2D eigenvalue weighted by molar-refractivity contribution is 5.93. The molecule has 0 atom stereocenters. The number of aliphatic hydroxyl groups excluding tert-OH is 1. The molecule has 1 aliphatic rings. The molecule has 208 valence electrons. The van der Waals surface area contributed by atoms with Gasteiger partial charge in [-0.25, -0.2) is 19.3 Å². The first-order chi connectivity index (χ1) is 19.3. The minimum Gasteiger partial charge on any atom is -0.392 e. The number of aromatic nitrogens is 5. The predicted molar refractivity (Wildman–Crippen MR) is 154 cm³/mol. The molecule has 1 saturated heterocycles. The molecule has 0 bridgehead atoms. The zero-order chi connectivity index (χ0) is 28.4. The van der Waals surface area contributed by atoms with E-state index in [1.165, 1.54) is 22.0 Å². The van der Waals surface area contributed by atoms with Crippen LogP contribution in [0.2, 0.25) is 0 Å². The van der Waals surface area contributed by atoms with Gasteiger partial charge in [0, 0.05) is 69.6 Å². The van der Waals surface area contributed by atoms with E-state index in [0.29, 0.717) is 28.1 Å². The van der Waals surface area contributed by atoms with Gasteiger partial charge < -0.3 is 25.1 Å². The molecule has 40 heavy (non-hydrogen) atoms. The number of benzene rings is 1. The van der Waals surface area contributed by atoms with E-state index in [4.69, 9.17) is 0 Å². The van der Waals surface area contributed by atoms with Crippen molar-refractivity contribution in [1.82, 2.24) is 34.1 Å². The molecule has 5 rings (SSSR count). The number of nitrogens with zero attached hydrogens (tertiary/aromatic N) is 8. The third kappa shape index (κ3) is 5.18. The molecular weight excluding hydrogens is 510 g/mol. The van der Waals surface area contributed by atoms with Crippen LogP contribution in [-0.2, 0) is 13.2 Å². The molecular formula is C28H33N9O3. The predicted octanol–water partition coefficient (Wildman–Crippen LogP) is 1.85. The summed E-state index contributed by atoms with van der Waals surface area (Å²) in [4.78, 5) is 45.1. The van der Waals surface area contributed by atoms with Crippen LogP contribution in [0.3, 0.4) is 0 Å². The molecule has 0 aliphatic carbocycles. The van der Waals surface area contributed by atoms with Gasteiger partial charge in [0.1, 0.15) is 5.39 Å². The largest absolute Gasteiger partial charge is 0.392 e. The number of allylic oxidation sites excluding steroid dienone is 1. The van der Waals surface area contributed by atoms with Gasteiger partial charge in [-0.05, 0) is 37.4 Å². The van der Waals surface area contributed by atoms with Crippen molar-refractivity contribution in [2.75, 3.05) is 57.5 Å². The van der Waals surface area contributed by atoms with E-state index in [0.717, 1.165) is 37.4 Å². The highest BCUT2D eigenvalue weighted by Gasteiger charge is 2.20. The highest BCUT2D eigenvalue weighted by atomic mass is 16.3. The third-order valence-electron chi connectivity index (χ3n) is 6.95. The lowest BCUT2D eigenvalue weighted by Crippen LogP contribution is -2.44. The van der Waals surface area contributed by atoms with Gasteiger partial charge >= 0.3 is 0 Å². The first kappa shape index (κ1) is 27.0. The van der Waals surface area contributed by atoms with E-state index in [1.807, 2.05) is 18.2 Å². The number of anilines is 3. The van der Waals surface area contributed by atoms with E-state index in [2.05, 4.69) is 43.7 Å². The number of fused-ring (bicyclic) bond motifs is 1. The Labute approximate surface area is 231 Å². The van der Waals surface area contributed by atoms with Crippen molar-refractivity contribution in [1.29, 1.82) is 0 Å². The zero-order valence-electron chi connectivity index (χ0n) is 22.9. The van der Waals surface area contributed by atoms with Crippen molar-refractivity contribution in [3.63, 3.8) is 0 Å². The fourth-order valence-corrected chi connectivity index (χ4v) is 4.78. The maximum atomic E-state index is 13.2. The molecule has 1 fully saturated rings. The van der Waals surface area contributed by atoms with Gasteiger partial charge in [-0.2, -0.15) is 4.98 Å². The lowest BCUT2D eigenvalue weighted by molar-refractivity contribution is 0.0827. The van der Waals surface area contributed by atoms with Gasteiger partial charge in [0.2, 0.25) is 5.95 Å². The number of hydrogen-bond donors (Lipinski definition) is 2.